The van der Waals surface area contributed by atoms with Crippen molar-refractivity contribution in [1.82, 2.24) is 9.55 Å². The molecule has 11 nitrogen and oxygen atoms in total. The van der Waals surface area contributed by atoms with E-state index in [1.54, 1.807) is 0 Å². The monoisotopic (exact) mass is 418 g/mol. The van der Waals surface area contributed by atoms with Gasteiger partial charge >= 0.3 is 17.6 Å². The maximum Gasteiger partial charge on any atom is 0.330 e. The summed E-state index contributed by atoms with van der Waals surface area (Å²) in [5, 5.41) is 0. The van der Waals surface area contributed by atoms with Crippen molar-refractivity contribution in [1.29, 1.82) is 0 Å². The van der Waals surface area contributed by atoms with E-state index >= 15 is 0 Å². The molecule has 2 aliphatic rings. The highest BCUT2D eigenvalue weighted by molar-refractivity contribution is 6.33. The van der Waals surface area contributed by atoms with Crippen LogP contribution in [0.15, 0.2) is 34.0 Å². The molecule has 1 fully saturated rings. The largest absolute Gasteiger partial charge is 0.463 e. The number of carbonyl (C=O) groups is 4. The molecule has 2 heterocycles. The Kier molecular flexibility index (Phi) is 5.92. The van der Waals surface area contributed by atoms with E-state index in [-0.39, 0.29) is 24.2 Å². The topological polar surface area (TPSA) is 151 Å². The first kappa shape index (κ1) is 21.1. The summed E-state index contributed by atoms with van der Waals surface area (Å²) < 4.78 is 16.9. The maximum absolute atomic E-state index is 12.4. The average molecular weight is 418 g/mol. The Morgan fingerprint density at radius 2 is 1.90 bits per heavy atom. The number of ketones is 2. The summed E-state index contributed by atoms with van der Waals surface area (Å²) in [7, 11) is 0. The van der Waals surface area contributed by atoms with Crippen LogP contribution in [-0.2, 0) is 33.4 Å². The van der Waals surface area contributed by atoms with Crippen molar-refractivity contribution in [2.75, 3.05) is 6.61 Å². The molecule has 1 N–H and O–H groups in total. The second kappa shape index (κ2) is 8.41. The van der Waals surface area contributed by atoms with Gasteiger partial charge in [-0.2, -0.15) is 0 Å². The van der Waals surface area contributed by atoms with Crippen LogP contribution < -0.4 is 11.2 Å². The molecule has 3 rings (SSSR count). The summed E-state index contributed by atoms with van der Waals surface area (Å²) in [6.07, 6.45) is 1.61. The molecule has 11 heteroatoms. The van der Waals surface area contributed by atoms with E-state index in [1.807, 2.05) is 0 Å². The van der Waals surface area contributed by atoms with Gasteiger partial charge in [0.05, 0.1) is 5.56 Å². The summed E-state index contributed by atoms with van der Waals surface area (Å²) in [6.45, 7) is 2.19. The van der Waals surface area contributed by atoms with Crippen molar-refractivity contribution in [2.24, 2.45) is 0 Å². The van der Waals surface area contributed by atoms with Crippen LogP contribution in [0.5, 0.6) is 0 Å². The minimum absolute atomic E-state index is 0.0305. The minimum Gasteiger partial charge on any atom is -0.463 e. The van der Waals surface area contributed by atoms with E-state index in [9.17, 15) is 28.8 Å². The number of allylic oxidation sites excluding steroid dienone is 4. The predicted octanol–water partition coefficient (Wildman–Crippen LogP) is -0.590. The lowest BCUT2D eigenvalue weighted by atomic mass is 9.98. The summed E-state index contributed by atoms with van der Waals surface area (Å²) in [5.74, 6) is -2.19. The molecule has 0 radical (unpaired) electrons. The smallest absolute Gasteiger partial charge is 0.330 e. The van der Waals surface area contributed by atoms with Gasteiger partial charge in [0.25, 0.3) is 5.56 Å². The first-order valence-corrected chi connectivity index (χ1v) is 8.95. The molecular formula is C19H18N2O9. The van der Waals surface area contributed by atoms with Crippen LogP contribution in [0.3, 0.4) is 0 Å². The SMILES string of the molecule is CC(=O)OC[C@H]1O[C@@H](n2cc(C3=CC(=O)C=CC3=O)c(=O)[nH]c2=O)C[C@@H]1OC(C)=O. The number of ether oxygens (including phenoxy) is 3. The Morgan fingerprint density at radius 1 is 1.17 bits per heavy atom. The Hall–Kier alpha value is -3.60. The lowest BCUT2D eigenvalue weighted by Gasteiger charge is -2.18. The molecule has 0 amide bonds. The highest BCUT2D eigenvalue weighted by atomic mass is 16.6. The van der Waals surface area contributed by atoms with Crippen LogP contribution in [-0.4, -0.2) is 51.9 Å². The Bertz CT molecular complexity index is 1090. The van der Waals surface area contributed by atoms with Gasteiger partial charge in [-0.15, -0.1) is 0 Å². The summed E-state index contributed by atoms with van der Waals surface area (Å²) in [4.78, 5) is 72.9. The van der Waals surface area contributed by atoms with Crippen molar-refractivity contribution in [3.05, 3.63) is 50.8 Å². The molecular weight excluding hydrogens is 400 g/mol. The molecule has 3 atom stereocenters. The molecule has 0 aromatic carbocycles. The highest BCUT2D eigenvalue weighted by Gasteiger charge is 2.40. The van der Waals surface area contributed by atoms with E-state index in [1.165, 1.54) is 13.8 Å². The quantitative estimate of drug-likeness (QED) is 0.489. The number of carbonyl (C=O) groups excluding carboxylic acids is 4. The van der Waals surface area contributed by atoms with Gasteiger partial charge in [-0.05, 0) is 18.2 Å². The van der Waals surface area contributed by atoms with Gasteiger partial charge in [0.15, 0.2) is 11.6 Å². The molecule has 0 bridgehead atoms. The zero-order valence-corrected chi connectivity index (χ0v) is 16.1. The number of aromatic nitrogens is 2. The van der Waals surface area contributed by atoms with Crippen molar-refractivity contribution in [2.45, 2.75) is 38.7 Å². The molecule has 1 saturated heterocycles. The van der Waals surface area contributed by atoms with Gasteiger partial charge in [-0.1, -0.05) is 0 Å². The number of H-pyrrole nitrogens is 1. The normalized spacial score (nSPS) is 23.3. The number of rotatable bonds is 5. The second-order valence-electron chi connectivity index (χ2n) is 6.68. The number of nitrogens with one attached hydrogen (secondary N) is 1. The third kappa shape index (κ3) is 4.51. The zero-order chi connectivity index (χ0) is 22.0. The molecule has 0 spiro atoms. The third-order valence-electron chi connectivity index (χ3n) is 4.47. The average Bonchev–Trinajstić information content (AvgIpc) is 3.04. The van der Waals surface area contributed by atoms with Crippen molar-refractivity contribution >= 4 is 29.1 Å². The first-order valence-electron chi connectivity index (χ1n) is 8.95. The van der Waals surface area contributed by atoms with Crippen molar-refractivity contribution in [3.63, 3.8) is 0 Å². The molecule has 0 unspecified atom stereocenters. The Labute approximate surface area is 168 Å². The molecule has 158 valence electrons. The lowest BCUT2D eigenvalue weighted by molar-refractivity contribution is -0.155. The van der Waals surface area contributed by atoms with Gasteiger partial charge in [0.2, 0.25) is 0 Å². The number of hydrogen-bond acceptors (Lipinski definition) is 9. The van der Waals surface area contributed by atoms with Crippen LogP contribution in [0.25, 0.3) is 5.57 Å². The first-order chi connectivity index (χ1) is 14.2. The minimum atomic E-state index is -0.983. The summed E-state index contributed by atoms with van der Waals surface area (Å²) >= 11 is 0. The van der Waals surface area contributed by atoms with E-state index in [4.69, 9.17) is 14.2 Å². The summed E-state index contributed by atoms with van der Waals surface area (Å²) in [5.41, 5.74) is -2.02. The third-order valence-corrected chi connectivity index (χ3v) is 4.47. The van der Waals surface area contributed by atoms with Gasteiger partial charge in [-0.3, -0.25) is 33.5 Å². The fraction of sp³-hybridized carbons (Fsp3) is 0.368. The van der Waals surface area contributed by atoms with E-state index in [0.717, 1.165) is 29.0 Å². The molecule has 1 aromatic heterocycles. The number of nitrogens with zero attached hydrogens (tertiary/aromatic N) is 1. The molecule has 1 aliphatic heterocycles. The van der Waals surface area contributed by atoms with E-state index in [2.05, 4.69) is 4.98 Å². The highest BCUT2D eigenvalue weighted by Crippen LogP contribution is 2.30. The van der Waals surface area contributed by atoms with Gasteiger partial charge in [0, 0.05) is 32.0 Å². The molecule has 1 aromatic rings. The van der Waals surface area contributed by atoms with E-state index in [0.29, 0.717) is 0 Å². The molecule has 0 saturated carbocycles. The van der Waals surface area contributed by atoms with Crippen molar-refractivity contribution in [3.8, 4) is 0 Å². The van der Waals surface area contributed by atoms with Crippen LogP contribution in [0.2, 0.25) is 0 Å². The van der Waals surface area contributed by atoms with Gasteiger partial charge < -0.3 is 14.2 Å². The van der Waals surface area contributed by atoms with Crippen LogP contribution in [0.4, 0.5) is 0 Å². The predicted molar refractivity (Wildman–Crippen MR) is 99.2 cm³/mol. The maximum atomic E-state index is 12.4. The van der Waals surface area contributed by atoms with E-state index < -0.39 is 53.2 Å². The van der Waals surface area contributed by atoms with Crippen LogP contribution in [0.1, 0.15) is 32.1 Å². The van der Waals surface area contributed by atoms with Crippen LogP contribution in [0, 0.1) is 0 Å². The summed E-state index contributed by atoms with van der Waals surface area (Å²) in [6, 6.07) is 0. The fourth-order valence-electron chi connectivity index (χ4n) is 3.17. The molecule has 30 heavy (non-hydrogen) atoms. The lowest BCUT2D eigenvalue weighted by Crippen LogP contribution is -2.35. The standard InChI is InChI=1S/C19H18N2O9/c1-9(22)28-8-16-15(29-10(2)23)6-17(30-16)21-7-13(18(26)20-19(21)27)12-5-11(24)3-4-14(12)25/h3-5,7,15-17H,6,8H2,1-2H3,(H,20,26,27)/t15-,16+,17+/m0/s1. The zero-order valence-electron chi connectivity index (χ0n) is 16.1. The van der Waals surface area contributed by atoms with Gasteiger partial charge in [-0.25, -0.2) is 4.79 Å². The number of esters is 2. The second-order valence-corrected chi connectivity index (χ2v) is 6.68. The molecule has 1 aliphatic carbocycles. The van der Waals surface area contributed by atoms with Crippen LogP contribution >= 0.6 is 0 Å². The number of aromatic amines is 1. The fourth-order valence-corrected chi connectivity index (χ4v) is 3.17. The van der Waals surface area contributed by atoms with Gasteiger partial charge in [0.1, 0.15) is 25.0 Å². The van der Waals surface area contributed by atoms with Crippen molar-refractivity contribution < 1.29 is 33.4 Å². The Balaban J connectivity index is 1.95. The number of hydrogen-bond donors (Lipinski definition) is 1. The Morgan fingerprint density at radius 3 is 2.57 bits per heavy atom.